The molecule has 10 heavy (non-hydrogen) atoms. The van der Waals surface area contributed by atoms with E-state index in [1.807, 2.05) is 6.92 Å². The molecule has 0 amide bonds. The van der Waals surface area contributed by atoms with Gasteiger partial charge in [0.1, 0.15) is 0 Å². The van der Waals surface area contributed by atoms with Gasteiger partial charge in [0.25, 0.3) is 0 Å². The number of carbonyl (C=O) groups is 1. The molecule has 0 fully saturated rings. The quantitative estimate of drug-likeness (QED) is 0.440. The zero-order valence-electron chi connectivity index (χ0n) is 6.39. The summed E-state index contributed by atoms with van der Waals surface area (Å²) in [4.78, 5) is 10.5. The van der Waals surface area contributed by atoms with Crippen LogP contribution in [0.5, 0.6) is 0 Å². The molecule has 0 aliphatic carbocycles. The maximum absolute atomic E-state index is 10.5. The fourth-order valence-electron chi connectivity index (χ4n) is 0.440. The smallest absolute Gasteiger partial charge is 0.309 e. The van der Waals surface area contributed by atoms with Gasteiger partial charge in [0.2, 0.25) is 0 Å². The van der Waals surface area contributed by atoms with Gasteiger partial charge in [-0.2, -0.15) is 0 Å². The molecular weight excluding hydrogens is 128 g/mol. The van der Waals surface area contributed by atoms with Crippen molar-refractivity contribution in [2.75, 3.05) is 7.11 Å². The van der Waals surface area contributed by atoms with Crippen LogP contribution in [0.4, 0.5) is 0 Å². The summed E-state index contributed by atoms with van der Waals surface area (Å²) in [5.41, 5.74) is 0.934. The molecule has 0 heterocycles. The first-order chi connectivity index (χ1) is 4.66. The van der Waals surface area contributed by atoms with Gasteiger partial charge in [0, 0.05) is 0 Å². The minimum atomic E-state index is -0.225. The first-order valence-electron chi connectivity index (χ1n) is 3.05. The number of carbonyl (C=O) groups excluding carboxylic acids is 1. The Morgan fingerprint density at radius 1 is 1.70 bits per heavy atom. The molecule has 2 heteroatoms. The molecule has 0 radical (unpaired) electrons. The molecule has 0 N–H and O–H groups in total. The van der Waals surface area contributed by atoms with Crippen molar-refractivity contribution in [3.8, 4) is 0 Å². The lowest BCUT2D eigenvalue weighted by Crippen LogP contribution is -1.96. The minimum absolute atomic E-state index is 0.225. The van der Waals surface area contributed by atoms with E-state index < -0.39 is 0 Å². The van der Waals surface area contributed by atoms with E-state index in [2.05, 4.69) is 11.3 Å². The van der Waals surface area contributed by atoms with Gasteiger partial charge in [0.05, 0.1) is 13.5 Å². The number of hydrogen-bond donors (Lipinski definition) is 0. The summed E-state index contributed by atoms with van der Waals surface area (Å²) in [5.74, 6) is -0.225. The van der Waals surface area contributed by atoms with Crippen molar-refractivity contribution in [3.63, 3.8) is 0 Å². The third-order valence-corrected chi connectivity index (χ3v) is 0.915. The van der Waals surface area contributed by atoms with Crippen LogP contribution >= 0.6 is 0 Å². The second kappa shape index (κ2) is 4.79. The van der Waals surface area contributed by atoms with Gasteiger partial charge >= 0.3 is 5.97 Å². The van der Waals surface area contributed by atoms with Crippen molar-refractivity contribution in [2.24, 2.45) is 0 Å². The van der Waals surface area contributed by atoms with Crippen LogP contribution in [0.2, 0.25) is 0 Å². The van der Waals surface area contributed by atoms with Crippen molar-refractivity contribution >= 4 is 5.97 Å². The summed E-state index contributed by atoms with van der Waals surface area (Å²) >= 11 is 0. The molecule has 0 atom stereocenters. The number of esters is 1. The topological polar surface area (TPSA) is 26.3 Å². The van der Waals surface area contributed by atoms with E-state index in [-0.39, 0.29) is 5.97 Å². The SMILES string of the molecule is C=C(C)/C=C/CC(=O)OC. The molecule has 0 saturated carbocycles. The molecule has 0 aromatic rings. The van der Waals surface area contributed by atoms with Crippen LogP contribution in [0, 0.1) is 0 Å². The van der Waals surface area contributed by atoms with Crippen LogP contribution < -0.4 is 0 Å². The van der Waals surface area contributed by atoms with E-state index in [1.165, 1.54) is 7.11 Å². The molecule has 0 rings (SSSR count). The van der Waals surface area contributed by atoms with E-state index in [4.69, 9.17) is 0 Å². The zero-order valence-corrected chi connectivity index (χ0v) is 6.39. The molecule has 0 saturated heterocycles. The first kappa shape index (κ1) is 8.95. The van der Waals surface area contributed by atoms with Gasteiger partial charge in [-0.05, 0) is 6.92 Å². The van der Waals surface area contributed by atoms with Gasteiger partial charge in [-0.1, -0.05) is 24.3 Å². The molecule has 0 aliphatic heterocycles. The molecule has 0 aromatic heterocycles. The van der Waals surface area contributed by atoms with Gasteiger partial charge in [-0.25, -0.2) is 0 Å². The van der Waals surface area contributed by atoms with Crippen LogP contribution in [-0.4, -0.2) is 13.1 Å². The van der Waals surface area contributed by atoms with E-state index in [9.17, 15) is 4.79 Å². The normalized spacial score (nSPS) is 9.80. The largest absolute Gasteiger partial charge is 0.469 e. The van der Waals surface area contributed by atoms with Gasteiger partial charge in [-0.3, -0.25) is 4.79 Å². The first-order valence-corrected chi connectivity index (χ1v) is 3.05. The maximum atomic E-state index is 10.5. The Kier molecular flexibility index (Phi) is 4.29. The molecule has 0 bridgehead atoms. The zero-order chi connectivity index (χ0) is 7.98. The summed E-state index contributed by atoms with van der Waals surface area (Å²) < 4.78 is 4.41. The highest BCUT2D eigenvalue weighted by Crippen LogP contribution is 1.92. The van der Waals surface area contributed by atoms with Gasteiger partial charge in [-0.15, -0.1) is 0 Å². The Hall–Kier alpha value is -1.05. The van der Waals surface area contributed by atoms with Crippen molar-refractivity contribution in [2.45, 2.75) is 13.3 Å². The molecule has 0 spiro atoms. The Bertz CT molecular complexity index is 157. The van der Waals surface area contributed by atoms with Crippen LogP contribution in [0.25, 0.3) is 0 Å². The van der Waals surface area contributed by atoms with Crippen LogP contribution in [0.15, 0.2) is 24.3 Å². The maximum Gasteiger partial charge on any atom is 0.309 e. The van der Waals surface area contributed by atoms with Gasteiger partial charge in [0.15, 0.2) is 0 Å². The lowest BCUT2D eigenvalue weighted by atomic mass is 10.3. The summed E-state index contributed by atoms with van der Waals surface area (Å²) in [7, 11) is 1.37. The number of methoxy groups -OCH3 is 1. The van der Waals surface area contributed by atoms with Gasteiger partial charge < -0.3 is 4.74 Å². The standard InChI is InChI=1S/C8H12O2/c1-7(2)5-4-6-8(9)10-3/h4-5H,1,6H2,2-3H3/b5-4+. The molecule has 56 valence electrons. The highest BCUT2D eigenvalue weighted by molar-refractivity contribution is 5.70. The summed E-state index contributed by atoms with van der Waals surface area (Å²) in [6.07, 6.45) is 3.84. The Balaban J connectivity index is 3.53. The number of ether oxygens (including phenoxy) is 1. The molecule has 0 aromatic carbocycles. The second-order valence-electron chi connectivity index (χ2n) is 2.03. The summed E-state index contributed by atoms with van der Waals surface area (Å²) in [6.45, 7) is 5.51. The highest BCUT2D eigenvalue weighted by atomic mass is 16.5. The van der Waals surface area contributed by atoms with Crippen LogP contribution in [-0.2, 0) is 9.53 Å². The Morgan fingerprint density at radius 2 is 2.30 bits per heavy atom. The fraction of sp³-hybridized carbons (Fsp3) is 0.375. The second-order valence-corrected chi connectivity index (χ2v) is 2.03. The monoisotopic (exact) mass is 140 g/mol. The molecular formula is C8H12O2. The fourth-order valence-corrected chi connectivity index (χ4v) is 0.440. The molecule has 0 unspecified atom stereocenters. The average molecular weight is 140 g/mol. The molecule has 0 aliphatic rings. The Labute approximate surface area is 61.2 Å². The molecule has 2 nitrogen and oxygen atoms in total. The minimum Gasteiger partial charge on any atom is -0.469 e. The van der Waals surface area contributed by atoms with E-state index in [0.29, 0.717) is 6.42 Å². The lowest BCUT2D eigenvalue weighted by Gasteiger charge is -1.91. The Morgan fingerprint density at radius 3 is 2.70 bits per heavy atom. The van der Waals surface area contributed by atoms with Crippen molar-refractivity contribution in [3.05, 3.63) is 24.3 Å². The summed E-state index contributed by atoms with van der Waals surface area (Å²) in [5, 5.41) is 0. The predicted molar refractivity (Wildman–Crippen MR) is 40.6 cm³/mol. The third kappa shape index (κ3) is 5.09. The number of rotatable bonds is 3. The van der Waals surface area contributed by atoms with Crippen LogP contribution in [0.1, 0.15) is 13.3 Å². The summed E-state index contributed by atoms with van der Waals surface area (Å²) in [6, 6.07) is 0. The number of hydrogen-bond acceptors (Lipinski definition) is 2. The van der Waals surface area contributed by atoms with Crippen molar-refractivity contribution in [1.82, 2.24) is 0 Å². The third-order valence-electron chi connectivity index (χ3n) is 0.915. The van der Waals surface area contributed by atoms with E-state index in [0.717, 1.165) is 5.57 Å². The van der Waals surface area contributed by atoms with E-state index >= 15 is 0 Å². The average Bonchev–Trinajstić information content (AvgIpc) is 1.87. The lowest BCUT2D eigenvalue weighted by molar-refractivity contribution is -0.139. The van der Waals surface area contributed by atoms with Crippen LogP contribution in [0.3, 0.4) is 0 Å². The predicted octanol–water partition coefficient (Wildman–Crippen LogP) is 1.68. The van der Waals surface area contributed by atoms with Crippen molar-refractivity contribution in [1.29, 1.82) is 0 Å². The number of allylic oxidation sites excluding steroid dienone is 2. The highest BCUT2D eigenvalue weighted by Gasteiger charge is 1.92. The van der Waals surface area contributed by atoms with E-state index in [1.54, 1.807) is 12.2 Å². The van der Waals surface area contributed by atoms with Crippen molar-refractivity contribution < 1.29 is 9.53 Å².